The average Bonchev–Trinajstić information content (AvgIpc) is 3.50. The number of aromatic amines is 1. The van der Waals surface area contributed by atoms with E-state index in [4.69, 9.17) is 5.73 Å². The Hall–Kier alpha value is -4.05. The maximum absolute atomic E-state index is 13.5. The number of nitrogens with one attached hydrogen (secondary N) is 3. The summed E-state index contributed by atoms with van der Waals surface area (Å²) in [6.07, 6.45) is 4.11. The number of nitrogens with two attached hydrogens (primary N) is 1. The first-order valence-corrected chi connectivity index (χ1v) is 10.6. The quantitative estimate of drug-likeness (QED) is 0.295. The Balaban J connectivity index is 1.48. The average molecular weight is 449 g/mol. The molecule has 33 heavy (non-hydrogen) atoms. The van der Waals surface area contributed by atoms with Gasteiger partial charge in [0, 0.05) is 25.5 Å². The Bertz CT molecular complexity index is 1200. The highest BCUT2D eigenvalue weighted by Crippen LogP contribution is 2.20. The van der Waals surface area contributed by atoms with E-state index >= 15 is 0 Å². The second kappa shape index (κ2) is 10.5. The van der Waals surface area contributed by atoms with Crippen LogP contribution in [0.15, 0.2) is 60.9 Å². The lowest BCUT2D eigenvalue weighted by Gasteiger charge is -2.12. The second-order valence-electron chi connectivity index (χ2n) is 7.40. The summed E-state index contributed by atoms with van der Waals surface area (Å²) >= 11 is 0. The molecule has 0 aliphatic heterocycles. The zero-order chi connectivity index (χ0) is 23.0. The first-order chi connectivity index (χ1) is 16.1. The molecule has 0 radical (unpaired) electrons. The number of aromatic nitrogens is 5. The fourth-order valence-corrected chi connectivity index (χ4v) is 3.36. The van der Waals surface area contributed by atoms with E-state index in [9.17, 15) is 9.18 Å². The number of nitrogens with zero attached hydrogens (tertiary/aromatic N) is 4. The first-order valence-electron chi connectivity index (χ1n) is 10.6. The molecular weight excluding hydrogens is 423 g/mol. The van der Waals surface area contributed by atoms with E-state index in [1.54, 1.807) is 35.1 Å². The van der Waals surface area contributed by atoms with Crippen LogP contribution < -0.4 is 16.4 Å². The molecule has 1 aromatic carbocycles. The number of amides is 1. The summed E-state index contributed by atoms with van der Waals surface area (Å²) < 4.78 is 15.2. The van der Waals surface area contributed by atoms with Crippen molar-refractivity contribution < 1.29 is 9.18 Å². The Morgan fingerprint density at radius 1 is 1.15 bits per heavy atom. The number of carbonyl (C=O) groups excluding carboxylic acids is 1. The number of pyridine rings is 1. The van der Waals surface area contributed by atoms with E-state index in [1.165, 1.54) is 12.1 Å². The molecule has 0 aliphatic rings. The molecule has 5 N–H and O–H groups in total. The van der Waals surface area contributed by atoms with Gasteiger partial charge in [-0.15, -0.1) is 0 Å². The van der Waals surface area contributed by atoms with E-state index < -0.39 is 0 Å². The Labute approximate surface area is 190 Å². The van der Waals surface area contributed by atoms with Gasteiger partial charge in [0.25, 0.3) is 5.91 Å². The van der Waals surface area contributed by atoms with Gasteiger partial charge < -0.3 is 16.4 Å². The fraction of sp³-hybridized carbons (Fsp3) is 0.217. The number of halogens is 1. The van der Waals surface area contributed by atoms with Crippen molar-refractivity contribution in [3.05, 3.63) is 83.6 Å². The third-order valence-corrected chi connectivity index (χ3v) is 4.98. The topological polar surface area (TPSA) is 127 Å². The molecule has 170 valence electrons. The molecule has 0 saturated carbocycles. The van der Waals surface area contributed by atoms with Gasteiger partial charge in [-0.1, -0.05) is 12.1 Å². The van der Waals surface area contributed by atoms with Gasteiger partial charge in [0.05, 0.1) is 30.0 Å². The lowest BCUT2D eigenvalue weighted by molar-refractivity contribution is 0.0951. The molecule has 10 heteroatoms. The minimum atomic E-state index is -0.280. The highest BCUT2D eigenvalue weighted by atomic mass is 19.1. The van der Waals surface area contributed by atoms with Crippen molar-refractivity contribution in [2.75, 3.05) is 18.4 Å². The molecular formula is C23H25FN8O. The standard InChI is InChI=1S/C23H25FN8O/c24-17-3-1-2-16(14-17)6-10-26-22-19(4-5-20(29-22)21-7-11-28-30-21)23(33)27-15-18-8-12-32(31-18)13-9-25/h1-5,7-8,11-12,14H,6,9-10,13,15,25H2,(H,26,29)(H,27,33)(H,28,30). The summed E-state index contributed by atoms with van der Waals surface area (Å²) in [6.45, 7) is 1.86. The van der Waals surface area contributed by atoms with Crippen molar-refractivity contribution in [3.63, 3.8) is 0 Å². The fourth-order valence-electron chi connectivity index (χ4n) is 3.36. The lowest BCUT2D eigenvalue weighted by atomic mass is 10.1. The Morgan fingerprint density at radius 2 is 2.06 bits per heavy atom. The molecule has 0 unspecified atom stereocenters. The number of carbonyl (C=O) groups is 1. The summed E-state index contributed by atoms with van der Waals surface area (Å²) in [7, 11) is 0. The van der Waals surface area contributed by atoms with Crippen LogP contribution in [0.25, 0.3) is 11.4 Å². The van der Waals surface area contributed by atoms with Crippen LogP contribution in [0.4, 0.5) is 10.2 Å². The number of rotatable bonds is 10. The minimum Gasteiger partial charge on any atom is -0.369 e. The smallest absolute Gasteiger partial charge is 0.255 e. The Morgan fingerprint density at radius 3 is 2.85 bits per heavy atom. The summed E-state index contributed by atoms with van der Waals surface area (Å²) in [5.74, 6) is -0.129. The Kier molecular flexibility index (Phi) is 7.06. The highest BCUT2D eigenvalue weighted by Gasteiger charge is 2.15. The van der Waals surface area contributed by atoms with Crippen molar-refractivity contribution in [1.82, 2.24) is 30.3 Å². The van der Waals surface area contributed by atoms with E-state index in [2.05, 4.69) is 30.9 Å². The molecule has 4 rings (SSSR count). The molecule has 0 aliphatic carbocycles. The number of anilines is 1. The van der Waals surface area contributed by atoms with Crippen LogP contribution in [-0.2, 0) is 19.5 Å². The van der Waals surface area contributed by atoms with Gasteiger partial charge in [0.2, 0.25) is 0 Å². The van der Waals surface area contributed by atoms with Crippen molar-refractivity contribution >= 4 is 11.7 Å². The van der Waals surface area contributed by atoms with E-state index in [1.807, 2.05) is 18.3 Å². The summed E-state index contributed by atoms with van der Waals surface area (Å²) in [5.41, 5.74) is 8.83. The van der Waals surface area contributed by atoms with Gasteiger partial charge in [-0.25, -0.2) is 9.37 Å². The van der Waals surface area contributed by atoms with Crippen LogP contribution in [0.3, 0.4) is 0 Å². The first kappa shape index (κ1) is 22.2. The summed E-state index contributed by atoms with van der Waals surface area (Å²) in [5, 5.41) is 17.4. The molecule has 0 atom stereocenters. The largest absolute Gasteiger partial charge is 0.369 e. The normalized spacial score (nSPS) is 10.8. The van der Waals surface area contributed by atoms with Gasteiger partial charge in [-0.3, -0.25) is 14.6 Å². The zero-order valence-electron chi connectivity index (χ0n) is 18.0. The number of H-pyrrole nitrogens is 1. The van der Waals surface area contributed by atoms with E-state index in [0.717, 1.165) is 11.3 Å². The van der Waals surface area contributed by atoms with Crippen molar-refractivity contribution in [1.29, 1.82) is 0 Å². The van der Waals surface area contributed by atoms with Crippen LogP contribution >= 0.6 is 0 Å². The molecule has 3 heterocycles. The molecule has 0 bridgehead atoms. The van der Waals surface area contributed by atoms with E-state index in [-0.39, 0.29) is 18.3 Å². The molecule has 3 aromatic heterocycles. The molecule has 0 saturated heterocycles. The van der Waals surface area contributed by atoms with Gasteiger partial charge >= 0.3 is 0 Å². The molecule has 4 aromatic rings. The minimum absolute atomic E-state index is 0.278. The summed E-state index contributed by atoms with van der Waals surface area (Å²) in [4.78, 5) is 17.5. The number of benzene rings is 1. The van der Waals surface area contributed by atoms with Crippen LogP contribution in [0.2, 0.25) is 0 Å². The monoisotopic (exact) mass is 448 g/mol. The zero-order valence-corrected chi connectivity index (χ0v) is 18.0. The van der Waals surface area contributed by atoms with Crippen molar-refractivity contribution in [3.8, 4) is 11.4 Å². The van der Waals surface area contributed by atoms with E-state index in [0.29, 0.717) is 48.8 Å². The predicted octanol–water partition coefficient (Wildman–Crippen LogP) is 2.35. The number of hydrogen-bond donors (Lipinski definition) is 4. The van der Waals surface area contributed by atoms with Crippen LogP contribution in [-0.4, -0.2) is 44.0 Å². The molecule has 0 fully saturated rings. The predicted molar refractivity (Wildman–Crippen MR) is 123 cm³/mol. The third kappa shape index (κ3) is 5.80. The molecule has 1 amide bonds. The second-order valence-corrected chi connectivity index (χ2v) is 7.40. The lowest BCUT2D eigenvalue weighted by Crippen LogP contribution is -2.25. The van der Waals surface area contributed by atoms with Gasteiger partial charge in [0.1, 0.15) is 17.3 Å². The van der Waals surface area contributed by atoms with Crippen LogP contribution in [0.1, 0.15) is 21.6 Å². The van der Waals surface area contributed by atoms with Gasteiger partial charge in [0.15, 0.2) is 0 Å². The van der Waals surface area contributed by atoms with Gasteiger partial charge in [-0.05, 0) is 48.4 Å². The molecule has 9 nitrogen and oxygen atoms in total. The highest BCUT2D eigenvalue weighted by molar-refractivity contribution is 5.99. The van der Waals surface area contributed by atoms with Crippen molar-refractivity contribution in [2.24, 2.45) is 5.73 Å². The van der Waals surface area contributed by atoms with Crippen LogP contribution in [0, 0.1) is 5.82 Å². The van der Waals surface area contributed by atoms with Crippen molar-refractivity contribution in [2.45, 2.75) is 19.5 Å². The SMILES string of the molecule is NCCn1ccc(CNC(=O)c2ccc(-c3cc[nH]n3)nc2NCCc2cccc(F)c2)n1. The third-order valence-electron chi connectivity index (χ3n) is 4.98. The van der Waals surface area contributed by atoms with Crippen LogP contribution in [0.5, 0.6) is 0 Å². The molecule has 0 spiro atoms. The van der Waals surface area contributed by atoms with Gasteiger partial charge in [-0.2, -0.15) is 10.2 Å². The maximum Gasteiger partial charge on any atom is 0.255 e. The maximum atomic E-state index is 13.5. The summed E-state index contributed by atoms with van der Waals surface area (Å²) in [6, 6.07) is 13.5. The number of hydrogen-bond acceptors (Lipinski definition) is 6.